The van der Waals surface area contributed by atoms with Gasteiger partial charge in [-0.25, -0.2) is 4.79 Å². The number of carbonyl (C=O) groups excluding carboxylic acids is 1. The van der Waals surface area contributed by atoms with E-state index in [-0.39, 0.29) is 18.5 Å². The molecule has 1 N–H and O–H groups in total. The maximum absolute atomic E-state index is 13.3. The highest BCUT2D eigenvalue weighted by Crippen LogP contribution is 2.53. The van der Waals surface area contributed by atoms with Gasteiger partial charge in [-0.1, -0.05) is 42.5 Å². The zero-order chi connectivity index (χ0) is 27.5. The van der Waals surface area contributed by atoms with Crippen LogP contribution in [0.15, 0.2) is 78.0 Å². The molecule has 0 aliphatic carbocycles. The van der Waals surface area contributed by atoms with Crippen molar-refractivity contribution in [1.82, 2.24) is 0 Å². The zero-order valence-electron chi connectivity index (χ0n) is 22.6. The molecule has 0 aromatic heterocycles. The number of fused-ring (bicyclic) bond motifs is 7. The molecular weight excluding hydrogens is 506 g/mol. The molecule has 200 valence electrons. The van der Waals surface area contributed by atoms with Crippen LogP contribution in [0.2, 0.25) is 0 Å². The van der Waals surface area contributed by atoms with E-state index in [1.807, 2.05) is 36.4 Å². The molecule has 7 nitrogen and oxygen atoms in total. The quantitative estimate of drug-likeness (QED) is 0.203. The molecule has 1 atom stereocenters. The number of methoxy groups -OCH3 is 4. The van der Waals surface area contributed by atoms with E-state index < -0.39 is 0 Å². The highest BCUT2D eigenvalue weighted by atomic mass is 16.5. The third-order valence-electron chi connectivity index (χ3n) is 8.02. The van der Waals surface area contributed by atoms with E-state index in [9.17, 15) is 4.79 Å². The normalized spacial score (nSPS) is 16.0. The molecule has 7 rings (SSSR count). The lowest BCUT2D eigenvalue weighted by Crippen LogP contribution is -2.20. The van der Waals surface area contributed by atoms with Gasteiger partial charge in [0.25, 0.3) is 0 Å². The monoisotopic (exact) mass is 533 g/mol. The summed E-state index contributed by atoms with van der Waals surface area (Å²) in [7, 11) is 6.50. The summed E-state index contributed by atoms with van der Waals surface area (Å²) in [6.07, 6.45) is 0. The van der Waals surface area contributed by atoms with Gasteiger partial charge in [-0.2, -0.15) is 0 Å². The molecule has 0 bridgehead atoms. The van der Waals surface area contributed by atoms with Crippen LogP contribution in [0.3, 0.4) is 0 Å². The van der Waals surface area contributed by atoms with Crippen molar-refractivity contribution in [3.8, 4) is 23.0 Å². The minimum absolute atomic E-state index is 0.191. The van der Waals surface area contributed by atoms with E-state index in [4.69, 9.17) is 23.7 Å². The SMILES string of the molecule is COc1cc2c3c(c4cc(OC)c(OC)cc4c2cc1OC)C(c1ccc2ccccc2c1)C1=C(COC1=O)N3. The van der Waals surface area contributed by atoms with Crippen LogP contribution in [0.1, 0.15) is 17.0 Å². The summed E-state index contributed by atoms with van der Waals surface area (Å²) >= 11 is 0. The van der Waals surface area contributed by atoms with Gasteiger partial charge in [0.15, 0.2) is 23.0 Å². The Morgan fingerprint density at radius 1 is 0.700 bits per heavy atom. The van der Waals surface area contributed by atoms with Gasteiger partial charge in [-0.05, 0) is 62.3 Å². The highest BCUT2D eigenvalue weighted by Gasteiger charge is 2.40. The Bertz CT molecular complexity index is 1910. The molecule has 0 radical (unpaired) electrons. The van der Waals surface area contributed by atoms with Crippen molar-refractivity contribution in [2.24, 2.45) is 0 Å². The first kappa shape index (κ1) is 24.2. The third kappa shape index (κ3) is 3.40. The first-order valence-electron chi connectivity index (χ1n) is 13.0. The topological polar surface area (TPSA) is 75.2 Å². The van der Waals surface area contributed by atoms with Crippen LogP contribution < -0.4 is 24.3 Å². The fourth-order valence-electron chi connectivity index (χ4n) is 6.18. The predicted molar refractivity (Wildman–Crippen MR) is 155 cm³/mol. The van der Waals surface area contributed by atoms with Gasteiger partial charge >= 0.3 is 5.97 Å². The predicted octanol–water partition coefficient (Wildman–Crippen LogP) is 6.55. The Labute approximate surface area is 230 Å². The number of carbonyl (C=O) groups is 1. The molecule has 40 heavy (non-hydrogen) atoms. The number of hydrogen-bond donors (Lipinski definition) is 1. The summed E-state index contributed by atoms with van der Waals surface area (Å²) in [5.74, 6) is 1.75. The Morgan fingerprint density at radius 3 is 1.93 bits per heavy atom. The molecule has 1 unspecified atom stereocenters. The first-order valence-corrected chi connectivity index (χ1v) is 13.0. The maximum Gasteiger partial charge on any atom is 0.337 e. The van der Waals surface area contributed by atoms with E-state index >= 15 is 0 Å². The standard InChI is InChI=1S/C33H27NO6/c1-36-25-12-20-21-13-26(37-2)28(39-4)15-23(21)32-30(22(20)14-27(25)38-3)29(31-24(34-32)16-40-33(31)35)19-10-9-17-7-5-6-8-18(17)11-19/h5-15,29,34H,16H2,1-4H3. The number of rotatable bonds is 5. The molecule has 0 spiro atoms. The molecule has 5 aromatic carbocycles. The second kappa shape index (κ2) is 9.09. The molecule has 2 heterocycles. The van der Waals surface area contributed by atoms with Crippen molar-refractivity contribution in [3.05, 3.63) is 89.1 Å². The summed E-state index contributed by atoms with van der Waals surface area (Å²) in [4.78, 5) is 13.3. The summed E-state index contributed by atoms with van der Waals surface area (Å²) in [6, 6.07) is 22.5. The first-order chi connectivity index (χ1) is 19.6. The fraction of sp³-hybridized carbons (Fsp3) is 0.182. The number of nitrogens with one attached hydrogen (secondary N) is 1. The van der Waals surface area contributed by atoms with Crippen molar-refractivity contribution in [2.75, 3.05) is 40.4 Å². The Balaban J connectivity index is 1.65. The zero-order valence-corrected chi connectivity index (χ0v) is 22.6. The second-order valence-corrected chi connectivity index (χ2v) is 9.93. The summed E-state index contributed by atoms with van der Waals surface area (Å²) < 4.78 is 28.4. The smallest absolute Gasteiger partial charge is 0.337 e. The molecule has 0 saturated carbocycles. The van der Waals surface area contributed by atoms with E-state index in [1.54, 1.807) is 28.4 Å². The van der Waals surface area contributed by atoms with E-state index in [2.05, 4.69) is 35.6 Å². The van der Waals surface area contributed by atoms with Crippen LogP contribution in [-0.4, -0.2) is 41.0 Å². The molecule has 0 fully saturated rings. The van der Waals surface area contributed by atoms with Crippen molar-refractivity contribution in [1.29, 1.82) is 0 Å². The molecule has 2 aliphatic heterocycles. The average molecular weight is 534 g/mol. The minimum atomic E-state index is -0.371. The number of ether oxygens (including phenoxy) is 5. The summed E-state index contributed by atoms with van der Waals surface area (Å²) in [6.45, 7) is 0.191. The van der Waals surface area contributed by atoms with Crippen LogP contribution in [0, 0.1) is 0 Å². The van der Waals surface area contributed by atoms with Gasteiger partial charge in [-0.15, -0.1) is 0 Å². The van der Waals surface area contributed by atoms with Crippen LogP contribution in [0.25, 0.3) is 32.3 Å². The Kier molecular flexibility index (Phi) is 5.49. The van der Waals surface area contributed by atoms with Crippen molar-refractivity contribution < 1.29 is 28.5 Å². The third-order valence-corrected chi connectivity index (χ3v) is 8.02. The van der Waals surface area contributed by atoms with Crippen LogP contribution in [-0.2, 0) is 9.53 Å². The van der Waals surface area contributed by atoms with Crippen LogP contribution >= 0.6 is 0 Å². The van der Waals surface area contributed by atoms with Gasteiger partial charge < -0.3 is 29.0 Å². The molecule has 7 heteroatoms. The summed E-state index contributed by atoms with van der Waals surface area (Å²) in [5.41, 5.74) is 4.25. The second-order valence-electron chi connectivity index (χ2n) is 9.93. The van der Waals surface area contributed by atoms with E-state index in [0.29, 0.717) is 28.6 Å². The Morgan fingerprint density at radius 2 is 1.27 bits per heavy atom. The number of cyclic esters (lactones) is 1. The van der Waals surface area contributed by atoms with Gasteiger partial charge in [0, 0.05) is 11.3 Å². The van der Waals surface area contributed by atoms with Crippen LogP contribution in [0.5, 0.6) is 23.0 Å². The fourth-order valence-corrected chi connectivity index (χ4v) is 6.18. The van der Waals surface area contributed by atoms with Crippen molar-refractivity contribution in [3.63, 3.8) is 0 Å². The maximum atomic E-state index is 13.3. The van der Waals surface area contributed by atoms with E-state index in [1.165, 1.54) is 0 Å². The number of anilines is 1. The lowest BCUT2D eigenvalue weighted by Gasteiger charge is -2.31. The van der Waals surface area contributed by atoms with Gasteiger partial charge in [0.2, 0.25) is 0 Å². The molecule has 5 aromatic rings. The van der Waals surface area contributed by atoms with Crippen LogP contribution in [0.4, 0.5) is 5.69 Å². The summed E-state index contributed by atoms with van der Waals surface area (Å²) in [5, 5.41) is 9.58. The lowest BCUT2D eigenvalue weighted by molar-refractivity contribution is -0.136. The highest BCUT2D eigenvalue weighted by molar-refractivity contribution is 6.19. The number of esters is 1. The molecule has 0 amide bonds. The lowest BCUT2D eigenvalue weighted by atomic mass is 9.77. The molecule has 0 saturated heterocycles. The molecular formula is C33H27NO6. The minimum Gasteiger partial charge on any atom is -0.493 e. The van der Waals surface area contributed by atoms with Crippen molar-refractivity contribution in [2.45, 2.75) is 5.92 Å². The molecule has 2 aliphatic rings. The van der Waals surface area contributed by atoms with Gasteiger partial charge in [0.05, 0.1) is 45.4 Å². The average Bonchev–Trinajstić information content (AvgIpc) is 3.38. The van der Waals surface area contributed by atoms with Crippen molar-refractivity contribution >= 4 is 44.0 Å². The Hall–Kier alpha value is -4.91. The number of benzene rings is 5. The van der Waals surface area contributed by atoms with Gasteiger partial charge in [0.1, 0.15) is 6.61 Å². The number of hydrogen-bond acceptors (Lipinski definition) is 7. The largest absolute Gasteiger partial charge is 0.493 e. The van der Waals surface area contributed by atoms with Gasteiger partial charge in [-0.3, -0.25) is 0 Å². The van der Waals surface area contributed by atoms with E-state index in [0.717, 1.165) is 54.8 Å².